The largest absolute Gasteiger partial charge is 0.342 e. The topological polar surface area (TPSA) is 20.3 Å². The summed E-state index contributed by atoms with van der Waals surface area (Å²) in [7, 11) is 0. The van der Waals surface area contributed by atoms with Crippen LogP contribution in [-0.2, 0) is 11.2 Å². The van der Waals surface area contributed by atoms with Crippen molar-refractivity contribution in [3.63, 3.8) is 0 Å². The van der Waals surface area contributed by atoms with Crippen LogP contribution in [0, 0.1) is 0 Å². The Hall–Kier alpha value is -1.83. The Kier molecular flexibility index (Phi) is 3.01. The fraction of sp³-hybridized carbons (Fsp3) is 0.312. The Bertz CT molecular complexity index is 576. The number of carbonyl (C=O) groups is 1. The molecule has 2 heteroatoms. The molecule has 0 aliphatic carbocycles. The van der Waals surface area contributed by atoms with Crippen molar-refractivity contribution in [3.8, 4) is 0 Å². The van der Waals surface area contributed by atoms with E-state index in [1.54, 1.807) is 0 Å². The highest BCUT2D eigenvalue weighted by Crippen LogP contribution is 2.17. The molecule has 1 fully saturated rings. The Labute approximate surface area is 107 Å². The molecular formula is C16H17NO. The third-order valence-corrected chi connectivity index (χ3v) is 3.66. The van der Waals surface area contributed by atoms with Crippen LogP contribution in [0.5, 0.6) is 0 Å². The van der Waals surface area contributed by atoms with E-state index in [9.17, 15) is 4.79 Å². The Morgan fingerprint density at radius 3 is 2.67 bits per heavy atom. The van der Waals surface area contributed by atoms with Gasteiger partial charge in [-0.1, -0.05) is 42.5 Å². The second-order valence-corrected chi connectivity index (χ2v) is 4.92. The van der Waals surface area contributed by atoms with Crippen LogP contribution in [-0.4, -0.2) is 23.9 Å². The first kappa shape index (κ1) is 11.3. The number of carbonyl (C=O) groups excluding carboxylic acids is 1. The predicted octanol–water partition coefficient (Wildman–Crippen LogP) is 3.00. The first-order chi connectivity index (χ1) is 8.83. The molecule has 1 aliphatic heterocycles. The van der Waals surface area contributed by atoms with Crippen LogP contribution in [0.4, 0.5) is 0 Å². The van der Waals surface area contributed by atoms with E-state index >= 15 is 0 Å². The van der Waals surface area contributed by atoms with Crippen molar-refractivity contribution < 1.29 is 4.79 Å². The molecule has 0 saturated carbocycles. The molecule has 0 radical (unpaired) electrons. The maximum atomic E-state index is 11.5. The lowest BCUT2D eigenvalue weighted by molar-refractivity contribution is -0.127. The first-order valence-corrected chi connectivity index (χ1v) is 6.58. The van der Waals surface area contributed by atoms with Gasteiger partial charge >= 0.3 is 0 Å². The van der Waals surface area contributed by atoms with Gasteiger partial charge in [-0.25, -0.2) is 0 Å². The molecule has 0 unspecified atom stereocenters. The van der Waals surface area contributed by atoms with E-state index in [4.69, 9.17) is 0 Å². The van der Waals surface area contributed by atoms with Crippen LogP contribution in [0.1, 0.15) is 18.4 Å². The minimum atomic E-state index is 0.316. The quantitative estimate of drug-likeness (QED) is 0.806. The number of rotatable bonds is 3. The lowest BCUT2D eigenvalue weighted by Crippen LogP contribution is -2.26. The molecule has 0 atom stereocenters. The molecular weight excluding hydrogens is 222 g/mol. The van der Waals surface area contributed by atoms with Gasteiger partial charge in [-0.15, -0.1) is 0 Å². The molecule has 18 heavy (non-hydrogen) atoms. The second-order valence-electron chi connectivity index (χ2n) is 4.92. The minimum Gasteiger partial charge on any atom is -0.342 e. The predicted molar refractivity (Wildman–Crippen MR) is 73.5 cm³/mol. The van der Waals surface area contributed by atoms with E-state index in [1.807, 2.05) is 4.90 Å². The smallest absolute Gasteiger partial charge is 0.222 e. The van der Waals surface area contributed by atoms with E-state index in [2.05, 4.69) is 42.5 Å². The summed E-state index contributed by atoms with van der Waals surface area (Å²) in [5, 5.41) is 2.56. The first-order valence-electron chi connectivity index (χ1n) is 6.58. The van der Waals surface area contributed by atoms with Gasteiger partial charge in [-0.3, -0.25) is 4.79 Å². The average molecular weight is 239 g/mol. The number of hydrogen-bond acceptors (Lipinski definition) is 1. The molecule has 0 N–H and O–H groups in total. The zero-order valence-electron chi connectivity index (χ0n) is 10.4. The number of benzene rings is 2. The van der Waals surface area contributed by atoms with E-state index in [1.165, 1.54) is 16.3 Å². The van der Waals surface area contributed by atoms with Gasteiger partial charge in [0.2, 0.25) is 5.91 Å². The molecule has 3 rings (SSSR count). The van der Waals surface area contributed by atoms with Crippen LogP contribution in [0.2, 0.25) is 0 Å². The zero-order valence-corrected chi connectivity index (χ0v) is 10.4. The van der Waals surface area contributed by atoms with Gasteiger partial charge in [0, 0.05) is 19.5 Å². The third-order valence-electron chi connectivity index (χ3n) is 3.66. The molecule has 1 aliphatic rings. The van der Waals surface area contributed by atoms with Crippen molar-refractivity contribution in [2.24, 2.45) is 0 Å². The van der Waals surface area contributed by atoms with Gasteiger partial charge in [0.1, 0.15) is 0 Å². The lowest BCUT2D eigenvalue weighted by atomic mass is 10.1. The molecule has 92 valence electrons. The van der Waals surface area contributed by atoms with Crippen molar-refractivity contribution in [3.05, 3.63) is 48.0 Å². The van der Waals surface area contributed by atoms with Gasteiger partial charge in [-0.2, -0.15) is 0 Å². The van der Waals surface area contributed by atoms with Crippen molar-refractivity contribution >= 4 is 16.7 Å². The second kappa shape index (κ2) is 4.81. The summed E-state index contributed by atoms with van der Waals surface area (Å²) in [6.07, 6.45) is 2.71. The summed E-state index contributed by atoms with van der Waals surface area (Å²) in [4.78, 5) is 13.5. The van der Waals surface area contributed by atoms with E-state index in [-0.39, 0.29) is 0 Å². The molecule has 0 bridgehead atoms. The molecule has 2 aromatic rings. The summed E-state index contributed by atoms with van der Waals surface area (Å²) in [5.74, 6) is 0.316. The van der Waals surface area contributed by atoms with Gasteiger partial charge in [0.25, 0.3) is 0 Å². The highest BCUT2D eigenvalue weighted by Gasteiger charge is 2.19. The SMILES string of the molecule is O=C1CCCN1CCc1ccc2ccccc2c1. The van der Waals surface area contributed by atoms with Gasteiger partial charge < -0.3 is 4.90 Å². The van der Waals surface area contributed by atoms with E-state index in [0.29, 0.717) is 5.91 Å². The van der Waals surface area contributed by atoms with Gasteiger partial charge in [0.05, 0.1) is 0 Å². The molecule has 0 spiro atoms. The van der Waals surface area contributed by atoms with Crippen molar-refractivity contribution in [1.29, 1.82) is 0 Å². The maximum Gasteiger partial charge on any atom is 0.222 e. The van der Waals surface area contributed by atoms with Crippen LogP contribution >= 0.6 is 0 Å². The van der Waals surface area contributed by atoms with Gasteiger partial charge in [0.15, 0.2) is 0 Å². The van der Waals surface area contributed by atoms with Crippen LogP contribution in [0.15, 0.2) is 42.5 Å². The van der Waals surface area contributed by atoms with Gasteiger partial charge in [-0.05, 0) is 29.2 Å². The standard InChI is InChI=1S/C16H17NO/c18-16-6-3-10-17(16)11-9-13-7-8-14-4-1-2-5-15(14)12-13/h1-2,4-5,7-8,12H,3,6,9-11H2. The van der Waals surface area contributed by atoms with Crippen LogP contribution < -0.4 is 0 Å². The number of likely N-dealkylation sites (tertiary alicyclic amines) is 1. The molecule has 0 aromatic heterocycles. The third kappa shape index (κ3) is 2.23. The molecule has 1 saturated heterocycles. The Balaban J connectivity index is 1.72. The fourth-order valence-electron chi connectivity index (χ4n) is 2.60. The summed E-state index contributed by atoms with van der Waals surface area (Å²) in [6.45, 7) is 1.80. The normalized spacial score (nSPS) is 15.6. The molecule has 1 heterocycles. The molecule has 2 aromatic carbocycles. The fourth-order valence-corrected chi connectivity index (χ4v) is 2.60. The van der Waals surface area contributed by atoms with Crippen molar-refractivity contribution in [2.45, 2.75) is 19.3 Å². The maximum absolute atomic E-state index is 11.5. The highest BCUT2D eigenvalue weighted by atomic mass is 16.2. The molecule has 1 amide bonds. The lowest BCUT2D eigenvalue weighted by Gasteiger charge is -2.15. The summed E-state index contributed by atoms with van der Waals surface area (Å²) in [6, 6.07) is 15.0. The summed E-state index contributed by atoms with van der Waals surface area (Å²) < 4.78 is 0. The summed E-state index contributed by atoms with van der Waals surface area (Å²) in [5.41, 5.74) is 1.31. The van der Waals surface area contributed by atoms with Crippen LogP contribution in [0.25, 0.3) is 10.8 Å². The number of amides is 1. The minimum absolute atomic E-state index is 0.316. The Morgan fingerprint density at radius 2 is 1.89 bits per heavy atom. The van der Waals surface area contributed by atoms with E-state index < -0.39 is 0 Å². The summed E-state index contributed by atoms with van der Waals surface area (Å²) >= 11 is 0. The zero-order chi connectivity index (χ0) is 12.4. The Morgan fingerprint density at radius 1 is 1.06 bits per heavy atom. The monoisotopic (exact) mass is 239 g/mol. The van der Waals surface area contributed by atoms with E-state index in [0.717, 1.165) is 32.4 Å². The number of fused-ring (bicyclic) bond motifs is 1. The number of hydrogen-bond donors (Lipinski definition) is 0. The molecule has 2 nitrogen and oxygen atoms in total. The van der Waals surface area contributed by atoms with Crippen molar-refractivity contribution in [2.75, 3.05) is 13.1 Å². The highest BCUT2D eigenvalue weighted by molar-refractivity contribution is 5.83. The van der Waals surface area contributed by atoms with Crippen molar-refractivity contribution in [1.82, 2.24) is 4.90 Å². The number of nitrogens with zero attached hydrogens (tertiary/aromatic N) is 1. The average Bonchev–Trinajstić information content (AvgIpc) is 2.82. The van der Waals surface area contributed by atoms with Crippen LogP contribution in [0.3, 0.4) is 0 Å².